The highest BCUT2D eigenvalue weighted by Crippen LogP contribution is 2.31. The Hall–Kier alpha value is -2.58. The van der Waals surface area contributed by atoms with Gasteiger partial charge in [0.15, 0.2) is 9.84 Å². The fourth-order valence-electron chi connectivity index (χ4n) is 2.46. The first kappa shape index (κ1) is 18.2. The van der Waals surface area contributed by atoms with Crippen LogP contribution in [0.3, 0.4) is 0 Å². The van der Waals surface area contributed by atoms with Crippen LogP contribution >= 0.6 is 11.3 Å². The molecule has 0 aliphatic carbocycles. The van der Waals surface area contributed by atoms with Crippen molar-refractivity contribution in [2.45, 2.75) is 9.46 Å². The second kappa shape index (κ2) is 7.76. The van der Waals surface area contributed by atoms with Crippen LogP contribution in [0, 0.1) is 0 Å². The zero-order valence-corrected chi connectivity index (χ0v) is 15.5. The van der Waals surface area contributed by atoms with E-state index in [1.165, 1.54) is 13.4 Å². The third kappa shape index (κ3) is 3.81. The largest absolute Gasteiger partial charge is 0.497 e. The average Bonchev–Trinajstić information content (AvgIpc) is 3.35. The van der Waals surface area contributed by atoms with Crippen LogP contribution in [-0.4, -0.2) is 28.0 Å². The normalized spacial score (nSPS) is 12.5. The average molecular weight is 391 g/mol. The molecule has 1 N–H and O–H groups in total. The Morgan fingerprint density at radius 2 is 2.08 bits per heavy atom. The van der Waals surface area contributed by atoms with Crippen LogP contribution < -0.4 is 10.1 Å². The number of methoxy groups -OCH3 is 1. The van der Waals surface area contributed by atoms with Gasteiger partial charge in [0, 0.05) is 12.1 Å². The molecule has 3 rings (SSSR count). The van der Waals surface area contributed by atoms with Crippen LogP contribution in [0.25, 0.3) is 0 Å². The molecule has 0 aliphatic rings. The number of amides is 1. The number of nitrogens with one attached hydrogen (secondary N) is 1. The number of carbonyl (C=O) groups is 1. The lowest BCUT2D eigenvalue weighted by molar-refractivity contribution is 0.0953. The first-order valence-electron chi connectivity index (χ1n) is 7.75. The van der Waals surface area contributed by atoms with E-state index in [-0.39, 0.29) is 22.4 Å². The van der Waals surface area contributed by atoms with Gasteiger partial charge in [-0.15, -0.1) is 11.3 Å². The number of carbonyl (C=O) groups excluding carboxylic acids is 1. The highest BCUT2D eigenvalue weighted by Gasteiger charge is 2.32. The first-order chi connectivity index (χ1) is 12.5. The highest BCUT2D eigenvalue weighted by molar-refractivity contribution is 7.93. The van der Waals surface area contributed by atoms with Crippen LogP contribution in [0.1, 0.15) is 21.4 Å². The van der Waals surface area contributed by atoms with E-state index in [9.17, 15) is 13.2 Å². The maximum Gasteiger partial charge on any atom is 0.251 e. The summed E-state index contributed by atoms with van der Waals surface area (Å²) in [6.07, 6.45) is 1.41. The van der Waals surface area contributed by atoms with Gasteiger partial charge < -0.3 is 14.5 Å². The quantitative estimate of drug-likeness (QED) is 0.668. The Labute approximate surface area is 155 Å². The van der Waals surface area contributed by atoms with Gasteiger partial charge in [0.25, 0.3) is 5.91 Å². The molecule has 0 saturated heterocycles. The fourth-order valence-corrected chi connectivity index (χ4v) is 5.25. The maximum absolute atomic E-state index is 12.9. The van der Waals surface area contributed by atoms with Crippen LogP contribution in [-0.2, 0) is 9.84 Å². The molecule has 3 aromatic rings. The second-order valence-electron chi connectivity index (χ2n) is 5.42. The van der Waals surface area contributed by atoms with Gasteiger partial charge in [-0.05, 0) is 41.8 Å². The zero-order valence-electron chi connectivity index (χ0n) is 13.9. The van der Waals surface area contributed by atoms with Crippen molar-refractivity contribution < 1.29 is 22.4 Å². The van der Waals surface area contributed by atoms with Crippen LogP contribution in [0.15, 0.2) is 68.8 Å². The van der Waals surface area contributed by atoms with Gasteiger partial charge in [0.2, 0.25) is 0 Å². The molecule has 2 heterocycles. The molecule has 1 atom stereocenters. The monoisotopic (exact) mass is 391 g/mol. The summed E-state index contributed by atoms with van der Waals surface area (Å²) in [6, 6.07) is 13.1. The SMILES string of the molecule is COc1cccc(C(=O)NC[C@@H](c2ccco2)S(=O)(=O)c2cccs2)c1. The molecule has 136 valence electrons. The molecular formula is C18H17NO5S2. The second-order valence-corrected chi connectivity index (χ2v) is 8.73. The summed E-state index contributed by atoms with van der Waals surface area (Å²) in [6.45, 7) is -0.107. The fraction of sp³-hybridized carbons (Fsp3) is 0.167. The summed E-state index contributed by atoms with van der Waals surface area (Å²) in [4.78, 5) is 12.4. The molecule has 1 amide bonds. The number of hydrogen-bond donors (Lipinski definition) is 1. The molecule has 8 heteroatoms. The van der Waals surface area contributed by atoms with E-state index in [0.717, 1.165) is 11.3 Å². The van der Waals surface area contributed by atoms with Crippen molar-refractivity contribution >= 4 is 27.1 Å². The van der Waals surface area contributed by atoms with Crippen LogP contribution in [0.5, 0.6) is 5.75 Å². The summed E-state index contributed by atoms with van der Waals surface area (Å²) in [5.74, 6) is 0.442. The van der Waals surface area contributed by atoms with E-state index in [2.05, 4.69) is 5.32 Å². The Morgan fingerprint density at radius 1 is 1.23 bits per heavy atom. The Balaban J connectivity index is 1.82. The van der Waals surface area contributed by atoms with Crippen LogP contribution in [0.4, 0.5) is 0 Å². The molecule has 0 aliphatic heterocycles. The van der Waals surface area contributed by atoms with E-state index in [1.807, 2.05) is 0 Å². The maximum atomic E-state index is 12.9. The van der Waals surface area contributed by atoms with Crippen molar-refractivity contribution in [2.75, 3.05) is 13.7 Å². The number of furan rings is 1. The summed E-state index contributed by atoms with van der Waals surface area (Å²) in [7, 11) is -2.17. The molecule has 0 unspecified atom stereocenters. The third-order valence-corrected chi connectivity index (χ3v) is 7.28. The third-order valence-electron chi connectivity index (χ3n) is 3.79. The van der Waals surface area contributed by atoms with Crippen molar-refractivity contribution in [1.29, 1.82) is 0 Å². The van der Waals surface area contributed by atoms with Crippen molar-refractivity contribution in [2.24, 2.45) is 0 Å². The molecule has 1 aromatic carbocycles. The summed E-state index contributed by atoms with van der Waals surface area (Å²) < 4.78 is 36.5. The minimum absolute atomic E-state index is 0.107. The minimum Gasteiger partial charge on any atom is -0.497 e. The molecule has 0 saturated carbocycles. The van der Waals surface area contributed by atoms with Crippen LogP contribution in [0.2, 0.25) is 0 Å². The summed E-state index contributed by atoms with van der Waals surface area (Å²) in [5, 5.41) is 3.36. The van der Waals surface area contributed by atoms with Gasteiger partial charge in [0.1, 0.15) is 21.0 Å². The first-order valence-corrected chi connectivity index (χ1v) is 10.2. The van der Waals surface area contributed by atoms with Crippen molar-refractivity contribution in [1.82, 2.24) is 5.32 Å². The van der Waals surface area contributed by atoms with E-state index >= 15 is 0 Å². The van der Waals surface area contributed by atoms with E-state index in [0.29, 0.717) is 11.3 Å². The predicted molar refractivity (Wildman–Crippen MR) is 98.3 cm³/mol. The van der Waals surface area contributed by atoms with E-state index in [4.69, 9.17) is 9.15 Å². The zero-order chi connectivity index (χ0) is 18.6. The predicted octanol–water partition coefficient (Wildman–Crippen LogP) is 3.29. The van der Waals surface area contributed by atoms with Gasteiger partial charge in [-0.25, -0.2) is 8.42 Å². The standard InChI is InChI=1S/C18H17NO5S2/c1-23-14-6-2-5-13(11-14)18(20)19-12-16(15-7-3-9-24-15)26(21,22)17-8-4-10-25-17/h2-11,16H,12H2,1H3,(H,19,20)/t16-/m0/s1. The minimum atomic E-state index is -3.69. The molecular weight excluding hydrogens is 374 g/mol. The number of benzene rings is 1. The van der Waals surface area contributed by atoms with Gasteiger partial charge in [-0.2, -0.15) is 0 Å². The molecule has 26 heavy (non-hydrogen) atoms. The highest BCUT2D eigenvalue weighted by atomic mass is 32.2. The lowest BCUT2D eigenvalue weighted by atomic mass is 10.2. The molecule has 0 bridgehead atoms. The van der Waals surface area contributed by atoms with Gasteiger partial charge in [0.05, 0.1) is 13.4 Å². The Bertz CT molecular complexity index is 963. The van der Waals surface area contributed by atoms with E-state index in [1.54, 1.807) is 53.9 Å². The number of ether oxygens (including phenoxy) is 1. The molecule has 0 radical (unpaired) electrons. The number of sulfone groups is 1. The lowest BCUT2D eigenvalue weighted by Gasteiger charge is -2.16. The van der Waals surface area contributed by atoms with Crippen molar-refractivity contribution in [3.05, 3.63) is 71.5 Å². The number of hydrogen-bond acceptors (Lipinski definition) is 6. The van der Waals surface area contributed by atoms with Crippen molar-refractivity contribution in [3.8, 4) is 5.75 Å². The Kier molecular flexibility index (Phi) is 5.43. The lowest BCUT2D eigenvalue weighted by Crippen LogP contribution is -2.31. The number of rotatable bonds is 7. The molecule has 0 fully saturated rings. The summed E-state index contributed by atoms with van der Waals surface area (Å²) in [5.41, 5.74) is 0.385. The topological polar surface area (TPSA) is 85.6 Å². The van der Waals surface area contributed by atoms with Gasteiger partial charge in [-0.1, -0.05) is 12.1 Å². The summed E-state index contributed by atoms with van der Waals surface area (Å²) >= 11 is 1.13. The molecule has 6 nitrogen and oxygen atoms in total. The van der Waals surface area contributed by atoms with Crippen molar-refractivity contribution in [3.63, 3.8) is 0 Å². The molecule has 0 spiro atoms. The Morgan fingerprint density at radius 3 is 2.73 bits per heavy atom. The smallest absolute Gasteiger partial charge is 0.251 e. The number of thiophene rings is 1. The van der Waals surface area contributed by atoms with E-state index < -0.39 is 15.1 Å². The van der Waals surface area contributed by atoms with Gasteiger partial charge in [-0.3, -0.25) is 4.79 Å². The van der Waals surface area contributed by atoms with Gasteiger partial charge >= 0.3 is 0 Å². The molecule has 2 aromatic heterocycles.